The molecule has 0 unspecified atom stereocenters. The van der Waals surface area contributed by atoms with Crippen LogP contribution in [0.1, 0.15) is 11.1 Å². The van der Waals surface area contributed by atoms with Crippen LogP contribution in [0.15, 0.2) is 18.2 Å². The van der Waals surface area contributed by atoms with Crippen LogP contribution in [0.4, 0.5) is 18.9 Å². The number of benzene rings is 1. The summed E-state index contributed by atoms with van der Waals surface area (Å²) < 4.78 is 39.7. The molecular formula is C12H15F3N2O2. The Kier molecular flexibility index (Phi) is 5.31. The fourth-order valence-corrected chi connectivity index (χ4v) is 1.38. The molecule has 3 N–H and O–H groups in total. The lowest BCUT2D eigenvalue weighted by molar-refractivity contribution is -0.174. The van der Waals surface area contributed by atoms with Crippen LogP contribution in [0.3, 0.4) is 0 Å². The third kappa shape index (κ3) is 5.71. The number of anilines is 1. The summed E-state index contributed by atoms with van der Waals surface area (Å²) in [6, 6.07) is 5.26. The van der Waals surface area contributed by atoms with Gasteiger partial charge in [-0.25, -0.2) is 0 Å². The molecule has 0 fully saturated rings. The normalized spacial score (nSPS) is 11.4. The molecule has 0 bridgehead atoms. The molecule has 7 heteroatoms. The zero-order valence-electron chi connectivity index (χ0n) is 10.4. The molecule has 4 nitrogen and oxygen atoms in total. The van der Waals surface area contributed by atoms with Crippen molar-refractivity contribution < 1.29 is 22.7 Å². The molecule has 1 aromatic rings. The number of ether oxygens (including phenoxy) is 1. The second-order valence-corrected chi connectivity index (χ2v) is 4.01. The molecule has 0 aromatic heterocycles. The van der Waals surface area contributed by atoms with Gasteiger partial charge in [-0.2, -0.15) is 13.2 Å². The van der Waals surface area contributed by atoms with Crippen LogP contribution in [0.2, 0.25) is 0 Å². The van der Waals surface area contributed by atoms with Gasteiger partial charge in [0.05, 0.1) is 0 Å². The van der Waals surface area contributed by atoms with Crippen molar-refractivity contribution >= 4 is 11.6 Å². The Morgan fingerprint density at radius 3 is 2.68 bits per heavy atom. The van der Waals surface area contributed by atoms with E-state index in [4.69, 9.17) is 5.73 Å². The summed E-state index contributed by atoms with van der Waals surface area (Å²) in [6.45, 7) is -0.00570. The fourth-order valence-electron chi connectivity index (χ4n) is 1.38. The van der Waals surface area contributed by atoms with Crippen LogP contribution in [-0.4, -0.2) is 25.3 Å². The van der Waals surface area contributed by atoms with E-state index in [9.17, 15) is 18.0 Å². The molecule has 1 amide bonds. The third-order valence-corrected chi connectivity index (χ3v) is 2.31. The molecule has 0 aliphatic heterocycles. The van der Waals surface area contributed by atoms with Crippen LogP contribution in [0, 0.1) is 6.92 Å². The molecule has 1 rings (SSSR count). The number of aryl methyl sites for hydroxylation is 1. The van der Waals surface area contributed by atoms with E-state index in [0.717, 1.165) is 11.1 Å². The number of carbonyl (C=O) groups excluding carboxylic acids is 1. The van der Waals surface area contributed by atoms with Crippen molar-refractivity contribution in [2.75, 3.05) is 18.5 Å². The van der Waals surface area contributed by atoms with Gasteiger partial charge in [-0.3, -0.25) is 4.79 Å². The fraction of sp³-hybridized carbons (Fsp3) is 0.417. The number of nitrogens with two attached hydrogens (primary N) is 1. The zero-order valence-corrected chi connectivity index (χ0v) is 10.4. The Bertz CT molecular complexity index is 447. The van der Waals surface area contributed by atoms with E-state index in [-0.39, 0.29) is 0 Å². The number of halogens is 3. The predicted octanol–water partition coefficient (Wildman–Crippen LogP) is 1.97. The summed E-state index contributed by atoms with van der Waals surface area (Å²) in [5, 5.41) is 2.48. The van der Waals surface area contributed by atoms with E-state index in [2.05, 4.69) is 10.1 Å². The lowest BCUT2D eigenvalue weighted by Crippen LogP contribution is -2.24. The number of nitrogens with one attached hydrogen (secondary N) is 1. The lowest BCUT2D eigenvalue weighted by atomic mass is 10.1. The van der Waals surface area contributed by atoms with E-state index in [0.29, 0.717) is 12.2 Å². The average Bonchev–Trinajstić information content (AvgIpc) is 2.30. The van der Waals surface area contributed by atoms with Crippen molar-refractivity contribution in [2.24, 2.45) is 5.73 Å². The maximum absolute atomic E-state index is 11.8. The molecule has 0 heterocycles. The van der Waals surface area contributed by atoms with E-state index in [1.165, 1.54) is 0 Å². The monoisotopic (exact) mass is 276 g/mol. The van der Waals surface area contributed by atoms with Gasteiger partial charge < -0.3 is 15.8 Å². The Labute approximate surface area is 108 Å². The molecule has 19 heavy (non-hydrogen) atoms. The molecule has 0 aliphatic rings. The first-order valence-corrected chi connectivity index (χ1v) is 5.56. The standard InChI is InChI=1S/C12H15F3N2O2/c1-8-2-3-9(5-16)4-10(8)17-11(18)6-19-7-12(13,14)15/h2-4H,5-7,16H2,1H3,(H,17,18). The summed E-state index contributed by atoms with van der Waals surface area (Å²) in [4.78, 5) is 11.4. The number of carbonyl (C=O) groups is 1. The van der Waals surface area contributed by atoms with Gasteiger partial charge in [0.2, 0.25) is 5.91 Å². The van der Waals surface area contributed by atoms with Gasteiger partial charge in [0.25, 0.3) is 0 Å². The van der Waals surface area contributed by atoms with E-state index in [1.807, 2.05) is 6.07 Å². The Morgan fingerprint density at radius 1 is 1.42 bits per heavy atom. The first-order chi connectivity index (χ1) is 8.81. The Balaban J connectivity index is 2.52. The quantitative estimate of drug-likeness (QED) is 0.864. The predicted molar refractivity (Wildman–Crippen MR) is 64.6 cm³/mol. The van der Waals surface area contributed by atoms with Crippen molar-refractivity contribution in [3.8, 4) is 0 Å². The first kappa shape index (κ1) is 15.5. The smallest absolute Gasteiger partial charge is 0.362 e. The highest BCUT2D eigenvalue weighted by Crippen LogP contribution is 2.17. The molecular weight excluding hydrogens is 261 g/mol. The first-order valence-electron chi connectivity index (χ1n) is 5.56. The van der Waals surface area contributed by atoms with Crippen molar-refractivity contribution in [2.45, 2.75) is 19.6 Å². The number of amides is 1. The van der Waals surface area contributed by atoms with Crippen molar-refractivity contribution in [1.29, 1.82) is 0 Å². The summed E-state index contributed by atoms with van der Waals surface area (Å²) >= 11 is 0. The largest absolute Gasteiger partial charge is 0.411 e. The highest BCUT2D eigenvalue weighted by molar-refractivity contribution is 5.92. The topological polar surface area (TPSA) is 64.3 Å². The number of alkyl halides is 3. The highest BCUT2D eigenvalue weighted by Gasteiger charge is 2.27. The van der Waals surface area contributed by atoms with Gasteiger partial charge in [-0.15, -0.1) is 0 Å². The SMILES string of the molecule is Cc1ccc(CN)cc1NC(=O)COCC(F)(F)F. The van der Waals surface area contributed by atoms with Gasteiger partial charge in [0.1, 0.15) is 13.2 Å². The lowest BCUT2D eigenvalue weighted by Gasteiger charge is -2.11. The minimum Gasteiger partial charge on any atom is -0.362 e. The molecule has 0 atom stereocenters. The molecule has 0 aliphatic carbocycles. The average molecular weight is 276 g/mol. The van der Waals surface area contributed by atoms with Crippen LogP contribution in [0.5, 0.6) is 0 Å². The van der Waals surface area contributed by atoms with Crippen molar-refractivity contribution in [3.05, 3.63) is 29.3 Å². The third-order valence-electron chi connectivity index (χ3n) is 2.31. The molecule has 1 aromatic carbocycles. The molecule has 0 spiro atoms. The number of hydrogen-bond donors (Lipinski definition) is 2. The van der Waals surface area contributed by atoms with Gasteiger partial charge in [0.15, 0.2) is 0 Å². The van der Waals surface area contributed by atoms with E-state index in [1.54, 1.807) is 19.1 Å². The summed E-state index contributed by atoms with van der Waals surface area (Å²) in [6.07, 6.45) is -4.43. The minimum atomic E-state index is -4.43. The zero-order chi connectivity index (χ0) is 14.5. The molecule has 106 valence electrons. The second kappa shape index (κ2) is 6.53. The molecule has 0 radical (unpaired) electrons. The highest BCUT2D eigenvalue weighted by atomic mass is 19.4. The van der Waals surface area contributed by atoms with Gasteiger partial charge >= 0.3 is 6.18 Å². The van der Waals surface area contributed by atoms with Crippen LogP contribution < -0.4 is 11.1 Å². The maximum atomic E-state index is 11.8. The van der Waals surface area contributed by atoms with Crippen LogP contribution >= 0.6 is 0 Å². The second-order valence-electron chi connectivity index (χ2n) is 4.01. The Morgan fingerprint density at radius 2 is 2.11 bits per heavy atom. The summed E-state index contributed by atoms with van der Waals surface area (Å²) in [5.41, 5.74) is 7.59. The van der Waals surface area contributed by atoms with Crippen LogP contribution in [0.25, 0.3) is 0 Å². The van der Waals surface area contributed by atoms with Gasteiger partial charge in [-0.05, 0) is 24.1 Å². The van der Waals surface area contributed by atoms with Crippen molar-refractivity contribution in [3.63, 3.8) is 0 Å². The van der Waals surface area contributed by atoms with E-state index >= 15 is 0 Å². The molecule has 0 saturated heterocycles. The summed E-state index contributed by atoms with van der Waals surface area (Å²) in [5.74, 6) is -0.637. The van der Waals surface area contributed by atoms with E-state index < -0.39 is 25.3 Å². The maximum Gasteiger partial charge on any atom is 0.411 e. The van der Waals surface area contributed by atoms with Crippen molar-refractivity contribution in [1.82, 2.24) is 0 Å². The minimum absolute atomic E-state index is 0.313. The van der Waals surface area contributed by atoms with Crippen LogP contribution in [-0.2, 0) is 16.1 Å². The number of rotatable bonds is 5. The molecule has 0 saturated carbocycles. The van der Waals surface area contributed by atoms with Gasteiger partial charge in [0, 0.05) is 12.2 Å². The summed E-state index contributed by atoms with van der Waals surface area (Å²) in [7, 11) is 0. The Hall–Kier alpha value is -1.60. The number of hydrogen-bond acceptors (Lipinski definition) is 3. The van der Waals surface area contributed by atoms with Gasteiger partial charge in [-0.1, -0.05) is 12.1 Å².